The first kappa shape index (κ1) is 13.5. The van der Waals surface area contributed by atoms with Gasteiger partial charge >= 0.3 is 0 Å². The van der Waals surface area contributed by atoms with Crippen LogP contribution in [0.5, 0.6) is 0 Å². The summed E-state index contributed by atoms with van der Waals surface area (Å²) in [5.41, 5.74) is 2.44. The molecule has 0 heterocycles. The highest BCUT2D eigenvalue weighted by molar-refractivity contribution is 6.32. The Balaban J connectivity index is 1.91. The van der Waals surface area contributed by atoms with Gasteiger partial charge in [-0.15, -0.1) is 0 Å². The number of nitriles is 1. The SMILES string of the molecule is N#Cc1c(Cl)cccc1NCc1cccc2ccccc12. The molecule has 0 bridgehead atoms. The van der Waals surface area contributed by atoms with E-state index in [2.05, 4.69) is 35.7 Å². The Morgan fingerprint density at radius 3 is 2.57 bits per heavy atom. The van der Waals surface area contributed by atoms with E-state index in [4.69, 9.17) is 11.6 Å². The first-order valence-electron chi connectivity index (χ1n) is 6.69. The second-order valence-corrected chi connectivity index (χ2v) is 5.17. The van der Waals surface area contributed by atoms with Gasteiger partial charge < -0.3 is 5.32 Å². The Morgan fingerprint density at radius 1 is 0.952 bits per heavy atom. The van der Waals surface area contributed by atoms with Gasteiger partial charge in [0.15, 0.2) is 0 Å². The van der Waals surface area contributed by atoms with Crippen molar-refractivity contribution in [1.82, 2.24) is 0 Å². The van der Waals surface area contributed by atoms with Crippen molar-refractivity contribution in [2.45, 2.75) is 6.54 Å². The molecule has 0 aliphatic carbocycles. The zero-order chi connectivity index (χ0) is 14.7. The second kappa shape index (κ2) is 5.87. The van der Waals surface area contributed by atoms with Gasteiger partial charge in [0.25, 0.3) is 0 Å². The number of anilines is 1. The molecular formula is C18H13ClN2. The monoisotopic (exact) mass is 292 g/mol. The minimum atomic E-state index is 0.473. The highest BCUT2D eigenvalue weighted by Gasteiger charge is 2.06. The molecule has 0 saturated carbocycles. The van der Waals surface area contributed by atoms with Crippen molar-refractivity contribution < 1.29 is 0 Å². The molecule has 102 valence electrons. The predicted molar refractivity (Wildman–Crippen MR) is 87.4 cm³/mol. The van der Waals surface area contributed by atoms with Crippen LogP contribution in [0, 0.1) is 11.3 Å². The van der Waals surface area contributed by atoms with Gasteiger partial charge in [0.05, 0.1) is 16.3 Å². The number of hydrogen-bond donors (Lipinski definition) is 1. The fraction of sp³-hybridized carbons (Fsp3) is 0.0556. The van der Waals surface area contributed by atoms with Crippen LogP contribution in [0.15, 0.2) is 60.7 Å². The zero-order valence-corrected chi connectivity index (χ0v) is 12.1. The minimum Gasteiger partial charge on any atom is -0.380 e. The quantitative estimate of drug-likeness (QED) is 0.739. The average Bonchev–Trinajstić information content (AvgIpc) is 2.53. The van der Waals surface area contributed by atoms with E-state index in [1.165, 1.54) is 16.3 Å². The summed E-state index contributed by atoms with van der Waals surface area (Å²) in [5, 5.41) is 15.4. The lowest BCUT2D eigenvalue weighted by Gasteiger charge is -2.11. The lowest BCUT2D eigenvalue weighted by Crippen LogP contribution is -2.02. The summed E-state index contributed by atoms with van der Waals surface area (Å²) in [6, 6.07) is 22.1. The van der Waals surface area contributed by atoms with Crippen LogP contribution in [-0.2, 0) is 6.54 Å². The van der Waals surface area contributed by atoms with Gasteiger partial charge in [-0.05, 0) is 28.5 Å². The summed E-state index contributed by atoms with van der Waals surface area (Å²) >= 11 is 6.04. The van der Waals surface area contributed by atoms with Gasteiger partial charge in [-0.3, -0.25) is 0 Å². The molecule has 0 amide bonds. The molecule has 0 fully saturated rings. The number of nitrogens with one attached hydrogen (secondary N) is 1. The van der Waals surface area contributed by atoms with Crippen molar-refractivity contribution in [2.24, 2.45) is 0 Å². The number of benzene rings is 3. The first-order valence-corrected chi connectivity index (χ1v) is 7.06. The molecule has 3 rings (SSSR count). The molecule has 0 unspecified atom stereocenters. The number of fused-ring (bicyclic) bond motifs is 1. The predicted octanol–water partition coefficient (Wildman–Crippen LogP) is 4.98. The molecule has 3 aromatic carbocycles. The molecule has 0 spiro atoms. The Morgan fingerprint density at radius 2 is 1.71 bits per heavy atom. The highest BCUT2D eigenvalue weighted by atomic mass is 35.5. The van der Waals surface area contributed by atoms with Crippen LogP contribution in [0.2, 0.25) is 5.02 Å². The maximum Gasteiger partial charge on any atom is 0.103 e. The van der Waals surface area contributed by atoms with Crippen LogP contribution in [0.25, 0.3) is 10.8 Å². The van der Waals surface area contributed by atoms with E-state index >= 15 is 0 Å². The summed E-state index contributed by atoms with van der Waals surface area (Å²) in [6.45, 7) is 0.649. The van der Waals surface area contributed by atoms with Gasteiger partial charge in [0, 0.05) is 6.54 Å². The minimum absolute atomic E-state index is 0.473. The molecule has 21 heavy (non-hydrogen) atoms. The number of hydrogen-bond acceptors (Lipinski definition) is 2. The molecular weight excluding hydrogens is 280 g/mol. The van der Waals surface area contributed by atoms with Gasteiger partial charge in [-0.2, -0.15) is 5.26 Å². The van der Waals surface area contributed by atoms with Crippen LogP contribution in [0.4, 0.5) is 5.69 Å². The largest absolute Gasteiger partial charge is 0.380 e. The molecule has 0 aromatic heterocycles. The van der Waals surface area contributed by atoms with Crippen LogP contribution in [0.3, 0.4) is 0 Å². The summed E-state index contributed by atoms with van der Waals surface area (Å²) in [7, 11) is 0. The van der Waals surface area contributed by atoms with Crippen LogP contribution >= 0.6 is 11.6 Å². The van der Waals surface area contributed by atoms with Gasteiger partial charge in [-0.25, -0.2) is 0 Å². The third-order valence-corrected chi connectivity index (χ3v) is 3.79. The van der Waals surface area contributed by atoms with E-state index in [1.807, 2.05) is 30.3 Å². The van der Waals surface area contributed by atoms with Gasteiger partial charge in [-0.1, -0.05) is 60.1 Å². The van der Waals surface area contributed by atoms with E-state index < -0.39 is 0 Å². The topological polar surface area (TPSA) is 35.8 Å². The molecule has 0 atom stereocenters. The van der Waals surface area contributed by atoms with Crippen molar-refractivity contribution >= 4 is 28.1 Å². The lowest BCUT2D eigenvalue weighted by atomic mass is 10.0. The number of halogens is 1. The highest BCUT2D eigenvalue weighted by Crippen LogP contribution is 2.25. The van der Waals surface area contributed by atoms with E-state index in [0.29, 0.717) is 17.1 Å². The van der Waals surface area contributed by atoms with E-state index in [-0.39, 0.29) is 0 Å². The number of rotatable bonds is 3. The van der Waals surface area contributed by atoms with Crippen LogP contribution in [0.1, 0.15) is 11.1 Å². The fourth-order valence-corrected chi connectivity index (χ4v) is 2.64. The number of nitrogens with zero attached hydrogens (tertiary/aromatic N) is 1. The third-order valence-electron chi connectivity index (χ3n) is 3.47. The first-order chi connectivity index (χ1) is 10.3. The molecule has 0 radical (unpaired) electrons. The van der Waals surface area contributed by atoms with Gasteiger partial charge in [0.1, 0.15) is 6.07 Å². The summed E-state index contributed by atoms with van der Waals surface area (Å²) in [6.07, 6.45) is 0. The molecule has 2 nitrogen and oxygen atoms in total. The van der Waals surface area contributed by atoms with E-state index in [0.717, 1.165) is 5.69 Å². The maximum atomic E-state index is 9.19. The van der Waals surface area contributed by atoms with Crippen LogP contribution in [-0.4, -0.2) is 0 Å². The summed E-state index contributed by atoms with van der Waals surface area (Å²) < 4.78 is 0. The van der Waals surface area contributed by atoms with Crippen molar-refractivity contribution in [3.05, 3.63) is 76.8 Å². The normalized spacial score (nSPS) is 10.3. The Bertz CT molecular complexity index is 829. The van der Waals surface area contributed by atoms with Crippen molar-refractivity contribution in [3.8, 4) is 6.07 Å². The molecule has 1 N–H and O–H groups in total. The Hall–Kier alpha value is -2.50. The Kier molecular flexibility index (Phi) is 3.77. The van der Waals surface area contributed by atoms with Gasteiger partial charge in [0.2, 0.25) is 0 Å². The molecule has 3 aromatic rings. The summed E-state index contributed by atoms with van der Waals surface area (Å²) in [4.78, 5) is 0. The van der Waals surface area contributed by atoms with E-state index in [1.54, 1.807) is 6.07 Å². The third kappa shape index (κ3) is 2.69. The summed E-state index contributed by atoms with van der Waals surface area (Å²) in [5.74, 6) is 0. The molecule has 0 saturated heterocycles. The average molecular weight is 293 g/mol. The smallest absolute Gasteiger partial charge is 0.103 e. The van der Waals surface area contributed by atoms with Crippen molar-refractivity contribution in [1.29, 1.82) is 5.26 Å². The zero-order valence-electron chi connectivity index (χ0n) is 11.3. The van der Waals surface area contributed by atoms with Crippen molar-refractivity contribution in [2.75, 3.05) is 5.32 Å². The van der Waals surface area contributed by atoms with Crippen molar-refractivity contribution in [3.63, 3.8) is 0 Å². The van der Waals surface area contributed by atoms with E-state index in [9.17, 15) is 5.26 Å². The molecule has 3 heteroatoms. The second-order valence-electron chi connectivity index (χ2n) is 4.77. The maximum absolute atomic E-state index is 9.19. The molecule has 0 aliphatic heterocycles. The lowest BCUT2D eigenvalue weighted by molar-refractivity contribution is 1.16. The fourth-order valence-electron chi connectivity index (χ4n) is 2.42. The van der Waals surface area contributed by atoms with Crippen LogP contribution < -0.4 is 5.32 Å². The Labute approximate surface area is 128 Å². The standard InChI is InChI=1S/C18H13ClN2/c19-17-9-4-10-18(16(17)11-20)21-12-14-7-3-6-13-5-1-2-8-15(13)14/h1-10,21H,12H2. The molecule has 0 aliphatic rings.